The monoisotopic (exact) mass is 601 g/mol. The maximum atomic E-state index is 13.1. The molecule has 0 saturated heterocycles. The fourth-order valence-electron chi connectivity index (χ4n) is 3.99. The van der Waals surface area contributed by atoms with Crippen molar-refractivity contribution in [1.29, 1.82) is 0 Å². The van der Waals surface area contributed by atoms with Crippen LogP contribution in [-0.2, 0) is 17.5 Å². The second-order valence-electron chi connectivity index (χ2n) is 9.46. The topological polar surface area (TPSA) is 88.9 Å². The van der Waals surface area contributed by atoms with Crippen molar-refractivity contribution < 1.29 is 22.8 Å². The highest BCUT2D eigenvalue weighted by atomic mass is 35.5. The summed E-state index contributed by atoms with van der Waals surface area (Å²) in [7, 11) is 0. The van der Waals surface area contributed by atoms with Crippen LogP contribution in [0.5, 0.6) is 0 Å². The van der Waals surface area contributed by atoms with E-state index in [9.17, 15) is 22.8 Å². The predicted octanol–water partition coefficient (Wildman–Crippen LogP) is 6.83. The summed E-state index contributed by atoms with van der Waals surface area (Å²) in [4.78, 5) is 25.6. The molecule has 41 heavy (non-hydrogen) atoms. The molecule has 1 heterocycles. The van der Waals surface area contributed by atoms with Crippen molar-refractivity contribution in [3.8, 4) is 5.69 Å². The zero-order chi connectivity index (χ0) is 29.9. The van der Waals surface area contributed by atoms with Gasteiger partial charge >= 0.3 is 6.18 Å². The first-order valence-corrected chi connectivity index (χ1v) is 13.9. The van der Waals surface area contributed by atoms with E-state index in [1.54, 1.807) is 10.6 Å². The van der Waals surface area contributed by atoms with Crippen molar-refractivity contribution in [3.05, 3.63) is 98.8 Å². The van der Waals surface area contributed by atoms with Gasteiger partial charge < -0.3 is 10.6 Å². The summed E-state index contributed by atoms with van der Waals surface area (Å²) in [6, 6.07) is 13.9. The number of carbonyl (C=O) groups is 2. The summed E-state index contributed by atoms with van der Waals surface area (Å²) in [6.45, 7) is 7.88. The number of nitrogens with one attached hydrogen (secondary N) is 2. The van der Waals surface area contributed by atoms with Crippen LogP contribution in [0.3, 0.4) is 0 Å². The average Bonchev–Trinajstić information content (AvgIpc) is 3.32. The minimum absolute atomic E-state index is 0.0169. The highest BCUT2D eigenvalue weighted by Crippen LogP contribution is 2.34. The Morgan fingerprint density at radius 1 is 0.951 bits per heavy atom. The normalized spacial score (nSPS) is 11.4. The number of aromatic nitrogens is 3. The van der Waals surface area contributed by atoms with Gasteiger partial charge in [-0.3, -0.25) is 14.2 Å². The van der Waals surface area contributed by atoms with E-state index >= 15 is 0 Å². The molecule has 0 aliphatic carbocycles. The number of rotatable bonds is 8. The van der Waals surface area contributed by atoms with Gasteiger partial charge in [-0.05, 0) is 86.3 Å². The van der Waals surface area contributed by atoms with Crippen LogP contribution in [0.2, 0.25) is 5.02 Å². The van der Waals surface area contributed by atoms with Crippen LogP contribution in [0.25, 0.3) is 5.69 Å². The molecule has 0 radical (unpaired) electrons. The van der Waals surface area contributed by atoms with Crippen molar-refractivity contribution >= 4 is 40.9 Å². The second-order valence-corrected chi connectivity index (χ2v) is 10.8. The lowest BCUT2D eigenvalue weighted by atomic mass is 10.1. The third kappa shape index (κ3) is 7.09. The number of hydrogen-bond donors (Lipinski definition) is 2. The molecule has 7 nitrogen and oxygen atoms in total. The second kappa shape index (κ2) is 12.4. The third-order valence-corrected chi connectivity index (χ3v) is 7.85. The van der Waals surface area contributed by atoms with Gasteiger partial charge in [0.2, 0.25) is 5.91 Å². The molecule has 0 unspecified atom stereocenters. The molecule has 0 fully saturated rings. The van der Waals surface area contributed by atoms with Gasteiger partial charge in [-0.15, -0.1) is 10.2 Å². The van der Waals surface area contributed by atoms with E-state index in [1.807, 2.05) is 58.0 Å². The van der Waals surface area contributed by atoms with E-state index in [0.29, 0.717) is 16.5 Å². The van der Waals surface area contributed by atoms with E-state index in [4.69, 9.17) is 11.6 Å². The number of amides is 2. The number of benzene rings is 3. The average molecular weight is 602 g/mol. The number of halogens is 4. The molecular formula is C29H27ClF3N5O2S. The van der Waals surface area contributed by atoms with Crippen LogP contribution in [0, 0.1) is 27.7 Å². The van der Waals surface area contributed by atoms with Crippen molar-refractivity contribution in [2.24, 2.45) is 0 Å². The Morgan fingerprint density at radius 3 is 2.41 bits per heavy atom. The summed E-state index contributed by atoms with van der Waals surface area (Å²) in [5, 5.41) is 14.2. The molecule has 0 saturated carbocycles. The van der Waals surface area contributed by atoms with Crippen LogP contribution in [-0.4, -0.2) is 32.3 Å². The van der Waals surface area contributed by atoms with Gasteiger partial charge in [-0.2, -0.15) is 13.2 Å². The van der Waals surface area contributed by atoms with Crippen LogP contribution < -0.4 is 10.6 Å². The van der Waals surface area contributed by atoms with Gasteiger partial charge in [-0.25, -0.2) is 0 Å². The highest BCUT2D eigenvalue weighted by molar-refractivity contribution is 7.99. The number of thioether (sulfide) groups is 1. The largest absolute Gasteiger partial charge is 0.416 e. The molecule has 0 spiro atoms. The van der Waals surface area contributed by atoms with Crippen LogP contribution in [0.4, 0.5) is 18.9 Å². The molecule has 4 rings (SSSR count). The summed E-state index contributed by atoms with van der Waals surface area (Å²) >= 11 is 7.07. The van der Waals surface area contributed by atoms with E-state index in [1.165, 1.54) is 0 Å². The lowest BCUT2D eigenvalue weighted by Gasteiger charge is -2.15. The smallest absolute Gasteiger partial charge is 0.345 e. The lowest BCUT2D eigenvalue weighted by Crippen LogP contribution is -2.25. The summed E-state index contributed by atoms with van der Waals surface area (Å²) in [5.41, 5.74) is 4.28. The van der Waals surface area contributed by atoms with Gasteiger partial charge in [-0.1, -0.05) is 41.6 Å². The van der Waals surface area contributed by atoms with Gasteiger partial charge in [0.05, 0.1) is 34.3 Å². The molecule has 2 amide bonds. The predicted molar refractivity (Wildman–Crippen MR) is 154 cm³/mol. The van der Waals surface area contributed by atoms with E-state index in [0.717, 1.165) is 57.9 Å². The number of hydrogen-bond acceptors (Lipinski definition) is 5. The zero-order valence-corrected chi connectivity index (χ0v) is 24.3. The van der Waals surface area contributed by atoms with Gasteiger partial charge in [0.15, 0.2) is 11.0 Å². The molecule has 3 aromatic carbocycles. The lowest BCUT2D eigenvalue weighted by molar-refractivity contribution is -0.137. The van der Waals surface area contributed by atoms with E-state index in [2.05, 4.69) is 20.8 Å². The number of aryl methyl sites for hydroxylation is 3. The fourth-order valence-corrected chi connectivity index (χ4v) is 4.91. The van der Waals surface area contributed by atoms with E-state index < -0.39 is 17.6 Å². The summed E-state index contributed by atoms with van der Waals surface area (Å²) in [5.74, 6) is -0.573. The minimum atomic E-state index is -4.58. The molecule has 1 aromatic heterocycles. The first-order chi connectivity index (χ1) is 19.3. The Labute approximate surface area is 244 Å². The Balaban J connectivity index is 1.55. The summed E-state index contributed by atoms with van der Waals surface area (Å²) < 4.78 is 41.1. The molecule has 2 N–H and O–H groups in total. The van der Waals surface area contributed by atoms with Crippen LogP contribution in [0.1, 0.15) is 44.0 Å². The third-order valence-electron chi connectivity index (χ3n) is 6.59. The maximum absolute atomic E-state index is 13.1. The van der Waals surface area contributed by atoms with Gasteiger partial charge in [0.25, 0.3) is 5.91 Å². The van der Waals surface area contributed by atoms with Gasteiger partial charge in [0, 0.05) is 5.56 Å². The van der Waals surface area contributed by atoms with Crippen molar-refractivity contribution in [2.75, 3.05) is 11.1 Å². The van der Waals surface area contributed by atoms with Crippen LogP contribution >= 0.6 is 23.4 Å². The van der Waals surface area contributed by atoms with Gasteiger partial charge in [0.1, 0.15) is 0 Å². The molecule has 214 valence electrons. The Morgan fingerprint density at radius 2 is 1.71 bits per heavy atom. The van der Waals surface area contributed by atoms with Crippen molar-refractivity contribution in [1.82, 2.24) is 20.1 Å². The zero-order valence-electron chi connectivity index (χ0n) is 22.7. The quantitative estimate of drug-likeness (QED) is 0.216. The first-order valence-electron chi connectivity index (χ1n) is 12.5. The highest BCUT2D eigenvalue weighted by Gasteiger charge is 2.31. The van der Waals surface area contributed by atoms with Crippen molar-refractivity contribution in [2.45, 2.75) is 45.6 Å². The molecule has 0 atom stereocenters. The number of alkyl halides is 3. The van der Waals surface area contributed by atoms with E-state index in [-0.39, 0.29) is 28.9 Å². The molecule has 12 heteroatoms. The molecule has 0 aliphatic rings. The van der Waals surface area contributed by atoms with Crippen molar-refractivity contribution in [3.63, 3.8) is 0 Å². The number of carbonyl (C=O) groups excluding carboxylic acids is 2. The first kappa shape index (κ1) is 30.1. The number of anilines is 1. The Hall–Kier alpha value is -3.83. The minimum Gasteiger partial charge on any atom is -0.345 e. The molecule has 0 bridgehead atoms. The molecule has 0 aliphatic heterocycles. The molecule has 4 aromatic rings. The number of nitrogens with zero attached hydrogens (tertiary/aromatic N) is 3. The standard InChI is InChI=1S/C29H27ClF3N5O2S/c1-16-8-9-20(12-18(16)3)27(40)34-14-25-36-37-28(38(25)24-7-5-6-17(2)19(24)4)41-15-26(39)35-23-13-21(29(31,32)33)10-11-22(23)30/h5-13H,14-15H2,1-4H3,(H,34,40)(H,35,39). The van der Waals surface area contributed by atoms with Crippen LogP contribution in [0.15, 0.2) is 59.8 Å². The summed E-state index contributed by atoms with van der Waals surface area (Å²) in [6.07, 6.45) is -4.58. The SMILES string of the molecule is Cc1ccc(C(=O)NCc2nnc(SCC(=O)Nc3cc(C(F)(F)F)ccc3Cl)n2-c2cccc(C)c2C)cc1C. The Kier molecular flexibility index (Phi) is 9.08. The maximum Gasteiger partial charge on any atom is 0.416 e. The fraction of sp³-hybridized carbons (Fsp3) is 0.241. The molecular weight excluding hydrogens is 575 g/mol. The Bertz CT molecular complexity index is 1620.